The molecule has 1 spiro atoms. The highest BCUT2D eigenvalue weighted by molar-refractivity contribution is 5.99. The first-order chi connectivity index (χ1) is 21.0. The predicted molar refractivity (Wildman–Crippen MR) is 155 cm³/mol. The number of phenols is 6. The van der Waals surface area contributed by atoms with E-state index in [4.69, 9.17) is 14.2 Å². The maximum absolute atomic E-state index is 14.5. The van der Waals surface area contributed by atoms with Gasteiger partial charge in [0.15, 0.2) is 17.0 Å². The monoisotopic (exact) mass is 594 g/mol. The molecule has 2 fully saturated rings. The second-order valence-corrected chi connectivity index (χ2v) is 12.0. The van der Waals surface area contributed by atoms with E-state index in [-0.39, 0.29) is 63.6 Å². The van der Waals surface area contributed by atoms with E-state index in [9.17, 15) is 35.4 Å². The van der Waals surface area contributed by atoms with Crippen LogP contribution in [-0.2, 0) is 15.3 Å². The van der Waals surface area contributed by atoms with Gasteiger partial charge in [-0.1, -0.05) is 18.2 Å². The van der Waals surface area contributed by atoms with Crippen LogP contribution in [0.5, 0.6) is 46.0 Å². The minimum absolute atomic E-state index is 0.0305. The molecule has 222 valence electrons. The molecule has 0 aromatic heterocycles. The third-order valence-electron chi connectivity index (χ3n) is 9.31. The molecule has 3 aliphatic heterocycles. The van der Waals surface area contributed by atoms with Gasteiger partial charge in [0.2, 0.25) is 0 Å². The molecule has 4 aromatic carbocycles. The van der Waals surface area contributed by atoms with Gasteiger partial charge in [0.1, 0.15) is 46.0 Å². The Labute approximate surface area is 250 Å². The van der Waals surface area contributed by atoms with Gasteiger partial charge in [-0.15, -0.1) is 0 Å². The fraction of sp³-hybridized carbons (Fsp3) is 0.206. The summed E-state index contributed by atoms with van der Waals surface area (Å²) in [4.78, 5) is 14.5. The number of ether oxygens (including phenoxy) is 3. The number of ketones is 1. The van der Waals surface area contributed by atoms with Crippen molar-refractivity contribution in [2.45, 2.75) is 42.2 Å². The van der Waals surface area contributed by atoms with Crippen molar-refractivity contribution in [1.29, 1.82) is 0 Å². The summed E-state index contributed by atoms with van der Waals surface area (Å²) in [5.41, 5.74) is -0.756. The molecular formula is C34H26O10. The van der Waals surface area contributed by atoms with E-state index in [1.807, 2.05) is 0 Å². The zero-order valence-electron chi connectivity index (χ0n) is 23.2. The number of fused-ring (bicyclic) bond motifs is 6. The van der Waals surface area contributed by atoms with Crippen LogP contribution in [0.4, 0.5) is 0 Å². The largest absolute Gasteiger partial charge is 0.508 e. The molecule has 6 N–H and O–H groups in total. The molecule has 2 bridgehead atoms. The molecule has 10 heteroatoms. The first kappa shape index (κ1) is 26.3. The van der Waals surface area contributed by atoms with Gasteiger partial charge < -0.3 is 44.8 Å². The first-order valence-corrected chi connectivity index (χ1v) is 14.0. The van der Waals surface area contributed by atoms with Crippen molar-refractivity contribution in [2.75, 3.05) is 0 Å². The summed E-state index contributed by atoms with van der Waals surface area (Å²) in [7, 11) is 0. The Hall–Kier alpha value is -5.35. The Bertz CT molecular complexity index is 1970. The van der Waals surface area contributed by atoms with E-state index in [1.54, 1.807) is 31.2 Å². The van der Waals surface area contributed by atoms with Crippen LogP contribution >= 0.6 is 0 Å². The summed E-state index contributed by atoms with van der Waals surface area (Å²) in [6, 6.07) is 16.0. The molecule has 1 saturated carbocycles. The molecule has 4 aliphatic rings. The highest BCUT2D eigenvalue weighted by Gasteiger charge is 2.87. The van der Waals surface area contributed by atoms with Crippen molar-refractivity contribution in [3.8, 4) is 46.0 Å². The highest BCUT2D eigenvalue weighted by atomic mass is 16.8. The van der Waals surface area contributed by atoms with Crippen molar-refractivity contribution in [2.24, 2.45) is 0 Å². The fourth-order valence-electron chi connectivity index (χ4n) is 7.36. The predicted octanol–water partition coefficient (Wildman–Crippen LogP) is 5.10. The third kappa shape index (κ3) is 3.31. The number of carbonyl (C=O) groups excluding carboxylic acids is 1. The van der Waals surface area contributed by atoms with Crippen molar-refractivity contribution in [3.63, 3.8) is 0 Å². The van der Waals surface area contributed by atoms with Gasteiger partial charge in [-0.3, -0.25) is 4.79 Å². The standard InChI is InChI=1S/C34H26O10/c1-32-15-23(21-8-6-20(37)14-27(21)42-32)33-30(31(32)41)29-26(40)10-16(2-3-17-4-5-18(35)12-24(17)38)11-28(29)43-34(33,44-33)22-9-7-19(36)13-25(22)39/h2-14,23,30,35-40H,15H2,1H3/t23-,30-,32-,33+,34+/m0/s1. The molecule has 1 saturated heterocycles. The van der Waals surface area contributed by atoms with Gasteiger partial charge in [-0.2, -0.15) is 0 Å². The molecule has 0 radical (unpaired) electrons. The highest BCUT2D eigenvalue weighted by Crippen LogP contribution is 2.77. The van der Waals surface area contributed by atoms with E-state index >= 15 is 0 Å². The number of benzene rings is 4. The van der Waals surface area contributed by atoms with Gasteiger partial charge in [0.25, 0.3) is 5.79 Å². The average Bonchev–Trinajstić information content (AvgIpc) is 3.63. The summed E-state index contributed by atoms with van der Waals surface area (Å²) >= 11 is 0. The lowest BCUT2D eigenvalue weighted by atomic mass is 9.56. The summed E-state index contributed by atoms with van der Waals surface area (Å²) in [5, 5.41) is 62.6. The Morgan fingerprint density at radius 3 is 2.20 bits per heavy atom. The first-order valence-electron chi connectivity index (χ1n) is 14.0. The number of epoxide rings is 1. The van der Waals surface area contributed by atoms with Crippen LogP contribution in [0.25, 0.3) is 12.2 Å². The van der Waals surface area contributed by atoms with Crippen molar-refractivity contribution < 1.29 is 49.6 Å². The summed E-state index contributed by atoms with van der Waals surface area (Å²) in [6.07, 6.45) is 3.44. The van der Waals surface area contributed by atoms with Crippen LogP contribution in [0.1, 0.15) is 53.0 Å². The Morgan fingerprint density at radius 2 is 1.45 bits per heavy atom. The number of Topliss-reactive ketones (excluding diaryl/α,β-unsaturated/α-hetero) is 1. The molecule has 44 heavy (non-hydrogen) atoms. The van der Waals surface area contributed by atoms with Gasteiger partial charge >= 0.3 is 0 Å². The maximum Gasteiger partial charge on any atom is 0.272 e. The van der Waals surface area contributed by atoms with E-state index in [0.717, 1.165) is 0 Å². The second kappa shape index (κ2) is 8.39. The number of aromatic hydroxyl groups is 6. The van der Waals surface area contributed by atoms with Crippen molar-refractivity contribution in [1.82, 2.24) is 0 Å². The van der Waals surface area contributed by atoms with E-state index < -0.39 is 28.8 Å². The quantitative estimate of drug-likeness (QED) is 0.139. The zero-order chi connectivity index (χ0) is 30.8. The van der Waals surface area contributed by atoms with E-state index in [2.05, 4.69) is 0 Å². The summed E-state index contributed by atoms with van der Waals surface area (Å²) < 4.78 is 19.4. The number of hydrogen-bond donors (Lipinski definition) is 6. The number of carbonyl (C=O) groups is 1. The third-order valence-corrected chi connectivity index (χ3v) is 9.31. The van der Waals surface area contributed by atoms with Gasteiger partial charge in [-0.25, -0.2) is 0 Å². The lowest BCUT2D eigenvalue weighted by molar-refractivity contribution is -0.145. The number of rotatable bonds is 3. The van der Waals surface area contributed by atoms with E-state index in [0.29, 0.717) is 22.4 Å². The average molecular weight is 595 g/mol. The summed E-state index contributed by atoms with van der Waals surface area (Å²) in [5.74, 6) is -4.11. The van der Waals surface area contributed by atoms with Crippen LogP contribution in [0.2, 0.25) is 0 Å². The SMILES string of the molecule is C[C@@]12C[C@@H](c3ccc(O)cc3O1)[C@]13O[C@@]1(c1ccc(O)cc1O)Oc1cc(C=Cc4ccc(O)cc4O)cc(O)c1[C@H]3C2=O. The minimum Gasteiger partial charge on any atom is -0.508 e. The molecule has 8 rings (SSSR count). The van der Waals surface area contributed by atoms with E-state index in [1.165, 1.54) is 54.6 Å². The summed E-state index contributed by atoms with van der Waals surface area (Å²) in [6.45, 7) is 1.68. The fourth-order valence-corrected chi connectivity index (χ4v) is 7.36. The van der Waals surface area contributed by atoms with Crippen LogP contribution in [0.15, 0.2) is 66.7 Å². The smallest absolute Gasteiger partial charge is 0.272 e. The van der Waals surface area contributed by atoms with Crippen LogP contribution in [0, 0.1) is 0 Å². The maximum atomic E-state index is 14.5. The van der Waals surface area contributed by atoms with Gasteiger partial charge in [0, 0.05) is 47.2 Å². The molecule has 10 nitrogen and oxygen atoms in total. The number of hydrogen-bond acceptors (Lipinski definition) is 10. The Kier molecular flexibility index (Phi) is 5.01. The molecule has 3 heterocycles. The van der Waals surface area contributed by atoms with Crippen molar-refractivity contribution >= 4 is 17.9 Å². The Morgan fingerprint density at radius 1 is 0.750 bits per heavy atom. The lowest BCUT2D eigenvalue weighted by Gasteiger charge is -2.51. The van der Waals surface area contributed by atoms with Crippen molar-refractivity contribution in [3.05, 3.63) is 94.5 Å². The van der Waals surface area contributed by atoms with Gasteiger partial charge in [-0.05, 0) is 55.0 Å². The Balaban J connectivity index is 1.34. The molecule has 0 unspecified atom stereocenters. The molecule has 0 amide bonds. The van der Waals surface area contributed by atoms with Crippen LogP contribution in [0.3, 0.4) is 0 Å². The molecular weight excluding hydrogens is 568 g/mol. The number of phenolic OH excluding ortho intramolecular Hbond substituents is 6. The zero-order valence-corrected chi connectivity index (χ0v) is 23.2. The molecule has 4 aromatic rings. The lowest BCUT2D eigenvalue weighted by Crippen LogP contribution is -2.61. The van der Waals surface area contributed by atoms with Gasteiger partial charge in [0.05, 0.1) is 11.5 Å². The molecule has 1 aliphatic carbocycles. The van der Waals surface area contributed by atoms with Crippen LogP contribution < -0.4 is 9.47 Å². The van der Waals surface area contributed by atoms with Crippen LogP contribution in [-0.4, -0.2) is 47.6 Å². The minimum atomic E-state index is -1.68. The topological polar surface area (TPSA) is 169 Å². The second-order valence-electron chi connectivity index (χ2n) is 12.0. The molecule has 5 atom stereocenters. The normalized spacial score (nSPS) is 29.1.